The predicted octanol–water partition coefficient (Wildman–Crippen LogP) is 2.59. The Morgan fingerprint density at radius 2 is 2.17 bits per heavy atom. The van der Waals surface area contributed by atoms with Gasteiger partial charge < -0.3 is 9.84 Å². The van der Waals surface area contributed by atoms with Crippen LogP contribution in [0.15, 0.2) is 53.3 Å². The van der Waals surface area contributed by atoms with Crippen LogP contribution in [0.2, 0.25) is 0 Å². The van der Waals surface area contributed by atoms with Crippen LogP contribution in [0.1, 0.15) is 30.0 Å². The Bertz CT molecular complexity index is 793. The Labute approximate surface area is 134 Å². The van der Waals surface area contributed by atoms with E-state index in [0.29, 0.717) is 5.76 Å². The first-order valence-electron chi connectivity index (χ1n) is 7.44. The number of amides is 1. The van der Waals surface area contributed by atoms with Crippen molar-refractivity contribution >= 4 is 5.91 Å². The maximum absolute atomic E-state index is 12.2. The standard InChI is InChI=1S/C17H18N4O2/c1-12-10-14(23-20-12)11-17(22)19-13(2)15-6-3-4-7-16(15)21-9-5-8-18-21/h3-10,13H,11H2,1-2H3,(H,19,22). The smallest absolute Gasteiger partial charge is 0.228 e. The number of nitrogens with zero attached hydrogens (tertiary/aromatic N) is 3. The number of hydrogen-bond donors (Lipinski definition) is 1. The average Bonchev–Trinajstić information content (AvgIpc) is 3.19. The highest BCUT2D eigenvalue weighted by Crippen LogP contribution is 2.21. The van der Waals surface area contributed by atoms with Crippen molar-refractivity contribution in [1.82, 2.24) is 20.3 Å². The van der Waals surface area contributed by atoms with E-state index in [4.69, 9.17) is 4.52 Å². The van der Waals surface area contributed by atoms with Crippen LogP contribution in [0.3, 0.4) is 0 Å². The number of benzene rings is 1. The summed E-state index contributed by atoms with van der Waals surface area (Å²) >= 11 is 0. The van der Waals surface area contributed by atoms with Gasteiger partial charge in [0.1, 0.15) is 5.76 Å². The summed E-state index contributed by atoms with van der Waals surface area (Å²) in [4.78, 5) is 12.2. The van der Waals surface area contributed by atoms with E-state index in [2.05, 4.69) is 15.6 Å². The number of carbonyl (C=O) groups is 1. The molecule has 1 N–H and O–H groups in total. The molecule has 0 aliphatic heterocycles. The van der Waals surface area contributed by atoms with Crippen molar-refractivity contribution in [2.75, 3.05) is 0 Å². The maximum atomic E-state index is 12.2. The molecule has 0 saturated heterocycles. The third-order valence-corrected chi connectivity index (χ3v) is 3.54. The van der Waals surface area contributed by atoms with Gasteiger partial charge in [-0.2, -0.15) is 5.10 Å². The second kappa shape index (κ2) is 6.48. The van der Waals surface area contributed by atoms with Gasteiger partial charge in [0.25, 0.3) is 0 Å². The minimum absolute atomic E-state index is 0.107. The minimum atomic E-state index is -0.146. The summed E-state index contributed by atoms with van der Waals surface area (Å²) in [5, 5.41) is 11.0. The lowest BCUT2D eigenvalue weighted by Gasteiger charge is -2.17. The topological polar surface area (TPSA) is 73.0 Å². The van der Waals surface area contributed by atoms with E-state index in [1.165, 1.54) is 0 Å². The van der Waals surface area contributed by atoms with Crippen molar-refractivity contribution in [2.45, 2.75) is 26.3 Å². The molecule has 0 fully saturated rings. The van der Waals surface area contributed by atoms with Gasteiger partial charge in [-0.3, -0.25) is 4.79 Å². The van der Waals surface area contributed by atoms with Gasteiger partial charge in [-0.15, -0.1) is 0 Å². The quantitative estimate of drug-likeness (QED) is 0.786. The molecule has 0 saturated carbocycles. The number of carbonyl (C=O) groups excluding carboxylic acids is 1. The molecular formula is C17H18N4O2. The Kier molecular flexibility index (Phi) is 4.23. The second-order valence-corrected chi connectivity index (χ2v) is 5.41. The normalized spacial score (nSPS) is 12.1. The zero-order chi connectivity index (χ0) is 16.2. The Morgan fingerprint density at radius 1 is 1.35 bits per heavy atom. The largest absolute Gasteiger partial charge is 0.361 e. The summed E-state index contributed by atoms with van der Waals surface area (Å²) in [5.41, 5.74) is 2.71. The van der Waals surface area contributed by atoms with Crippen molar-refractivity contribution in [3.8, 4) is 5.69 Å². The van der Waals surface area contributed by atoms with Crippen LogP contribution in [0, 0.1) is 6.92 Å². The van der Waals surface area contributed by atoms with Gasteiger partial charge in [0.15, 0.2) is 0 Å². The fraction of sp³-hybridized carbons (Fsp3) is 0.235. The third-order valence-electron chi connectivity index (χ3n) is 3.54. The molecule has 6 nitrogen and oxygen atoms in total. The molecule has 1 atom stereocenters. The number of aromatic nitrogens is 3. The molecule has 1 unspecified atom stereocenters. The van der Waals surface area contributed by atoms with Crippen molar-refractivity contribution < 1.29 is 9.32 Å². The van der Waals surface area contributed by atoms with E-state index in [1.54, 1.807) is 16.9 Å². The van der Waals surface area contributed by atoms with Gasteiger partial charge in [-0.05, 0) is 31.5 Å². The Morgan fingerprint density at radius 3 is 2.87 bits per heavy atom. The highest BCUT2D eigenvalue weighted by Gasteiger charge is 2.15. The monoisotopic (exact) mass is 310 g/mol. The molecule has 0 aliphatic rings. The molecule has 0 bridgehead atoms. The number of nitrogens with one attached hydrogen (secondary N) is 1. The van der Waals surface area contributed by atoms with E-state index in [0.717, 1.165) is 16.9 Å². The van der Waals surface area contributed by atoms with Crippen LogP contribution < -0.4 is 5.32 Å². The second-order valence-electron chi connectivity index (χ2n) is 5.41. The molecule has 0 aliphatic carbocycles. The van der Waals surface area contributed by atoms with Crippen molar-refractivity contribution in [3.05, 3.63) is 65.8 Å². The molecule has 23 heavy (non-hydrogen) atoms. The summed E-state index contributed by atoms with van der Waals surface area (Å²) in [6.07, 6.45) is 3.78. The summed E-state index contributed by atoms with van der Waals surface area (Å²) in [6, 6.07) is 11.4. The first-order valence-corrected chi connectivity index (χ1v) is 7.44. The van der Waals surface area contributed by atoms with Crippen molar-refractivity contribution in [2.24, 2.45) is 0 Å². The lowest BCUT2D eigenvalue weighted by atomic mass is 10.1. The summed E-state index contributed by atoms with van der Waals surface area (Å²) in [5.74, 6) is 0.455. The number of para-hydroxylation sites is 1. The molecule has 2 aromatic heterocycles. The highest BCUT2D eigenvalue weighted by atomic mass is 16.5. The number of aryl methyl sites for hydroxylation is 1. The summed E-state index contributed by atoms with van der Waals surface area (Å²) < 4.78 is 6.87. The molecule has 1 amide bonds. The van der Waals surface area contributed by atoms with Gasteiger partial charge >= 0.3 is 0 Å². The maximum Gasteiger partial charge on any atom is 0.228 e. The molecule has 118 valence electrons. The lowest BCUT2D eigenvalue weighted by molar-refractivity contribution is -0.121. The first kappa shape index (κ1) is 15.0. The number of rotatable bonds is 5. The predicted molar refractivity (Wildman–Crippen MR) is 85.1 cm³/mol. The summed E-state index contributed by atoms with van der Waals surface area (Å²) in [7, 11) is 0. The van der Waals surface area contributed by atoms with Gasteiger partial charge in [0.2, 0.25) is 5.91 Å². The average molecular weight is 310 g/mol. The molecule has 0 spiro atoms. The molecule has 2 heterocycles. The minimum Gasteiger partial charge on any atom is -0.361 e. The van der Waals surface area contributed by atoms with Crippen LogP contribution in [-0.2, 0) is 11.2 Å². The molecule has 3 rings (SSSR count). The third kappa shape index (κ3) is 3.48. The zero-order valence-electron chi connectivity index (χ0n) is 13.1. The Hall–Kier alpha value is -2.89. The molecule has 3 aromatic rings. The van der Waals surface area contributed by atoms with Gasteiger partial charge in [-0.25, -0.2) is 4.68 Å². The van der Waals surface area contributed by atoms with Gasteiger partial charge in [0.05, 0.1) is 23.8 Å². The van der Waals surface area contributed by atoms with Crippen LogP contribution in [0.4, 0.5) is 0 Å². The van der Waals surface area contributed by atoms with Crippen LogP contribution in [-0.4, -0.2) is 20.8 Å². The fourth-order valence-electron chi connectivity index (χ4n) is 2.50. The Balaban J connectivity index is 1.73. The van der Waals surface area contributed by atoms with E-state index in [1.807, 2.05) is 50.4 Å². The van der Waals surface area contributed by atoms with Crippen LogP contribution in [0.25, 0.3) is 5.69 Å². The number of hydrogen-bond acceptors (Lipinski definition) is 4. The first-order chi connectivity index (χ1) is 11.1. The van der Waals surface area contributed by atoms with E-state index >= 15 is 0 Å². The molecule has 1 aromatic carbocycles. The van der Waals surface area contributed by atoms with Gasteiger partial charge in [-0.1, -0.05) is 23.4 Å². The van der Waals surface area contributed by atoms with Crippen molar-refractivity contribution in [3.63, 3.8) is 0 Å². The zero-order valence-corrected chi connectivity index (χ0v) is 13.1. The SMILES string of the molecule is Cc1cc(CC(=O)NC(C)c2ccccc2-n2cccn2)on1. The van der Waals surface area contributed by atoms with Crippen molar-refractivity contribution in [1.29, 1.82) is 0 Å². The molecular weight excluding hydrogens is 292 g/mol. The van der Waals surface area contributed by atoms with Crippen LogP contribution >= 0.6 is 0 Å². The van der Waals surface area contributed by atoms with E-state index in [9.17, 15) is 4.79 Å². The van der Waals surface area contributed by atoms with E-state index < -0.39 is 0 Å². The highest BCUT2D eigenvalue weighted by molar-refractivity contribution is 5.78. The fourth-order valence-corrected chi connectivity index (χ4v) is 2.50. The van der Waals surface area contributed by atoms with Crippen LogP contribution in [0.5, 0.6) is 0 Å². The molecule has 6 heteroatoms. The van der Waals surface area contributed by atoms with Gasteiger partial charge in [0, 0.05) is 18.5 Å². The molecule has 0 radical (unpaired) electrons. The van der Waals surface area contributed by atoms with E-state index in [-0.39, 0.29) is 18.4 Å². The lowest BCUT2D eigenvalue weighted by Crippen LogP contribution is -2.28. The summed E-state index contributed by atoms with van der Waals surface area (Å²) in [6.45, 7) is 3.78.